The molecule has 0 aromatic carbocycles. The number of anilines is 1. The molecule has 1 unspecified atom stereocenters. The second-order valence-electron chi connectivity index (χ2n) is 3.67. The Balaban J connectivity index is 2.16. The Hall–Kier alpha value is -0.870. The van der Waals surface area contributed by atoms with E-state index >= 15 is 0 Å². The molecule has 0 amide bonds. The van der Waals surface area contributed by atoms with Crippen molar-refractivity contribution in [1.29, 1.82) is 0 Å². The maximum Gasteiger partial charge on any atom is 0.147 e. The molecule has 1 aromatic heterocycles. The monoisotopic (exact) mass is 227 g/mol. The van der Waals surface area contributed by atoms with Crippen LogP contribution in [0.5, 0.6) is 0 Å². The molecule has 15 heavy (non-hydrogen) atoms. The van der Waals surface area contributed by atoms with Crippen molar-refractivity contribution >= 4 is 17.4 Å². The predicted octanol–water partition coefficient (Wildman–Crippen LogP) is 1.75. The zero-order chi connectivity index (χ0) is 10.7. The highest BCUT2D eigenvalue weighted by Crippen LogP contribution is 2.16. The minimum absolute atomic E-state index is 0.336. The van der Waals surface area contributed by atoms with Crippen LogP contribution in [0.1, 0.15) is 13.3 Å². The molecule has 0 aliphatic carbocycles. The molecule has 0 N–H and O–H groups in total. The fourth-order valence-electron chi connectivity index (χ4n) is 1.70. The summed E-state index contributed by atoms with van der Waals surface area (Å²) in [6.45, 7) is 4.64. The Bertz CT molecular complexity index is 317. The molecule has 5 heteroatoms. The van der Waals surface area contributed by atoms with Gasteiger partial charge in [0.1, 0.15) is 11.0 Å². The Kier molecular flexibility index (Phi) is 3.38. The summed E-state index contributed by atoms with van der Waals surface area (Å²) in [5.41, 5.74) is 0. The summed E-state index contributed by atoms with van der Waals surface area (Å²) in [6.07, 6.45) is 4.31. The van der Waals surface area contributed by atoms with Gasteiger partial charge in [-0.1, -0.05) is 11.6 Å². The smallest absolute Gasteiger partial charge is 0.147 e. The van der Waals surface area contributed by atoms with Crippen molar-refractivity contribution in [3.05, 3.63) is 17.5 Å². The van der Waals surface area contributed by atoms with Crippen molar-refractivity contribution in [3.8, 4) is 0 Å². The molecule has 0 bridgehead atoms. The van der Waals surface area contributed by atoms with E-state index in [9.17, 15) is 0 Å². The van der Waals surface area contributed by atoms with E-state index in [1.807, 2.05) is 0 Å². The molecule has 4 nitrogen and oxygen atoms in total. The van der Waals surface area contributed by atoms with Crippen LogP contribution in [0.3, 0.4) is 0 Å². The standard InChI is InChI=1S/C10H14ClN3O/c1-8-7-15-4-2-3-14(8)10-6-12-9(11)5-13-10/h5-6,8H,2-4,7H2,1H3. The van der Waals surface area contributed by atoms with E-state index in [4.69, 9.17) is 16.3 Å². The molecule has 0 radical (unpaired) electrons. The number of hydrogen-bond donors (Lipinski definition) is 0. The minimum Gasteiger partial charge on any atom is -0.379 e. The highest BCUT2D eigenvalue weighted by molar-refractivity contribution is 6.29. The van der Waals surface area contributed by atoms with Crippen LogP contribution in [-0.2, 0) is 4.74 Å². The topological polar surface area (TPSA) is 38.2 Å². The van der Waals surface area contributed by atoms with Crippen molar-refractivity contribution in [1.82, 2.24) is 9.97 Å². The lowest BCUT2D eigenvalue weighted by Crippen LogP contribution is -2.35. The molecule has 1 saturated heterocycles. The summed E-state index contributed by atoms with van der Waals surface area (Å²) in [7, 11) is 0. The van der Waals surface area contributed by atoms with Crippen LogP contribution in [0.15, 0.2) is 12.4 Å². The van der Waals surface area contributed by atoms with Crippen LogP contribution in [0.2, 0.25) is 5.15 Å². The van der Waals surface area contributed by atoms with Crippen LogP contribution < -0.4 is 4.90 Å². The van der Waals surface area contributed by atoms with E-state index in [1.54, 1.807) is 12.4 Å². The molecular weight excluding hydrogens is 214 g/mol. The van der Waals surface area contributed by atoms with E-state index in [1.165, 1.54) is 0 Å². The largest absolute Gasteiger partial charge is 0.379 e. The van der Waals surface area contributed by atoms with Crippen LogP contribution in [0, 0.1) is 0 Å². The fourth-order valence-corrected chi connectivity index (χ4v) is 1.79. The molecule has 2 rings (SSSR count). The van der Waals surface area contributed by atoms with Gasteiger partial charge in [-0.3, -0.25) is 0 Å². The first-order valence-corrected chi connectivity index (χ1v) is 5.47. The Morgan fingerprint density at radius 2 is 2.33 bits per heavy atom. The van der Waals surface area contributed by atoms with Gasteiger partial charge in [0.05, 0.1) is 25.0 Å². The summed E-state index contributed by atoms with van der Waals surface area (Å²) < 4.78 is 5.47. The normalized spacial score (nSPS) is 22.5. The summed E-state index contributed by atoms with van der Waals surface area (Å²) in [5, 5.41) is 0.428. The second kappa shape index (κ2) is 4.77. The van der Waals surface area contributed by atoms with E-state index < -0.39 is 0 Å². The number of nitrogens with zero attached hydrogens (tertiary/aromatic N) is 3. The Morgan fingerprint density at radius 1 is 1.47 bits per heavy atom. The van der Waals surface area contributed by atoms with Crippen LogP contribution >= 0.6 is 11.6 Å². The summed E-state index contributed by atoms with van der Waals surface area (Å²) >= 11 is 5.70. The van der Waals surface area contributed by atoms with Gasteiger partial charge in [0, 0.05) is 13.2 Å². The van der Waals surface area contributed by atoms with Gasteiger partial charge in [-0.15, -0.1) is 0 Å². The zero-order valence-electron chi connectivity index (χ0n) is 8.69. The van der Waals surface area contributed by atoms with Crippen molar-refractivity contribution in [2.45, 2.75) is 19.4 Å². The Labute approximate surface area is 94.2 Å². The molecular formula is C10H14ClN3O. The lowest BCUT2D eigenvalue weighted by atomic mass is 10.3. The fraction of sp³-hybridized carbons (Fsp3) is 0.600. The van der Waals surface area contributed by atoms with Crippen LogP contribution in [-0.4, -0.2) is 35.8 Å². The molecule has 1 atom stereocenters. The first kappa shape index (κ1) is 10.6. The third kappa shape index (κ3) is 2.58. The van der Waals surface area contributed by atoms with Gasteiger partial charge in [0.15, 0.2) is 0 Å². The molecule has 82 valence electrons. The quantitative estimate of drug-likeness (QED) is 0.733. The van der Waals surface area contributed by atoms with Gasteiger partial charge < -0.3 is 9.64 Å². The predicted molar refractivity (Wildman–Crippen MR) is 59.3 cm³/mol. The van der Waals surface area contributed by atoms with Gasteiger partial charge >= 0.3 is 0 Å². The zero-order valence-corrected chi connectivity index (χ0v) is 9.44. The number of aromatic nitrogens is 2. The third-order valence-corrected chi connectivity index (χ3v) is 2.67. The average molecular weight is 228 g/mol. The van der Waals surface area contributed by atoms with Crippen molar-refractivity contribution in [2.75, 3.05) is 24.7 Å². The number of hydrogen-bond acceptors (Lipinski definition) is 4. The number of halogens is 1. The number of rotatable bonds is 1. The molecule has 1 aliphatic heterocycles. The molecule has 2 heterocycles. The van der Waals surface area contributed by atoms with Crippen LogP contribution in [0.25, 0.3) is 0 Å². The summed E-state index contributed by atoms with van der Waals surface area (Å²) in [5.74, 6) is 0.873. The molecule has 1 fully saturated rings. The SMILES string of the molecule is CC1COCCCN1c1cnc(Cl)cn1. The van der Waals surface area contributed by atoms with E-state index in [0.717, 1.165) is 32.0 Å². The van der Waals surface area contributed by atoms with Crippen molar-refractivity contribution < 1.29 is 4.74 Å². The molecule has 0 saturated carbocycles. The number of ether oxygens (including phenoxy) is 1. The van der Waals surface area contributed by atoms with Crippen molar-refractivity contribution in [2.24, 2.45) is 0 Å². The highest BCUT2D eigenvalue weighted by atomic mass is 35.5. The summed E-state index contributed by atoms with van der Waals surface area (Å²) in [6, 6.07) is 0.336. The van der Waals surface area contributed by atoms with E-state index in [-0.39, 0.29) is 0 Å². The van der Waals surface area contributed by atoms with E-state index in [2.05, 4.69) is 21.8 Å². The van der Waals surface area contributed by atoms with Gasteiger partial charge in [0.25, 0.3) is 0 Å². The first-order valence-electron chi connectivity index (χ1n) is 5.09. The molecule has 0 spiro atoms. The molecule has 1 aromatic rings. The van der Waals surface area contributed by atoms with E-state index in [0.29, 0.717) is 11.2 Å². The second-order valence-corrected chi connectivity index (χ2v) is 4.06. The lowest BCUT2D eigenvalue weighted by Gasteiger charge is -2.26. The molecule has 1 aliphatic rings. The third-order valence-electron chi connectivity index (χ3n) is 2.48. The highest BCUT2D eigenvalue weighted by Gasteiger charge is 2.18. The minimum atomic E-state index is 0.336. The lowest BCUT2D eigenvalue weighted by molar-refractivity contribution is 0.137. The van der Waals surface area contributed by atoms with Gasteiger partial charge in [-0.2, -0.15) is 0 Å². The van der Waals surface area contributed by atoms with Gasteiger partial charge in [-0.05, 0) is 13.3 Å². The maximum absolute atomic E-state index is 5.70. The average Bonchev–Trinajstić information content (AvgIpc) is 2.44. The first-order chi connectivity index (χ1) is 7.27. The van der Waals surface area contributed by atoms with Crippen molar-refractivity contribution in [3.63, 3.8) is 0 Å². The maximum atomic E-state index is 5.70. The Morgan fingerprint density at radius 3 is 3.07 bits per heavy atom. The summed E-state index contributed by atoms with van der Waals surface area (Å²) in [4.78, 5) is 10.5. The van der Waals surface area contributed by atoms with Gasteiger partial charge in [0.2, 0.25) is 0 Å². The van der Waals surface area contributed by atoms with Gasteiger partial charge in [-0.25, -0.2) is 9.97 Å². The van der Waals surface area contributed by atoms with Crippen LogP contribution in [0.4, 0.5) is 5.82 Å².